The monoisotopic (exact) mass is 538 g/mol. The van der Waals surface area contributed by atoms with Gasteiger partial charge in [0.2, 0.25) is 11.8 Å². The highest BCUT2D eigenvalue weighted by molar-refractivity contribution is 6.36. The van der Waals surface area contributed by atoms with Crippen molar-refractivity contribution in [2.24, 2.45) is 0 Å². The predicted octanol–water partition coefficient (Wildman–Crippen LogP) is 4.13. The third-order valence-corrected chi connectivity index (χ3v) is 6.92. The van der Waals surface area contributed by atoms with Crippen LogP contribution < -0.4 is 15.1 Å². The van der Waals surface area contributed by atoms with Crippen molar-refractivity contribution in [1.29, 1.82) is 0 Å². The third kappa shape index (κ3) is 6.68. The topological polar surface area (TPSA) is 73.0 Å². The molecule has 3 aromatic rings. The van der Waals surface area contributed by atoms with Gasteiger partial charge in [-0.2, -0.15) is 0 Å². The first kappa shape index (κ1) is 26.7. The van der Waals surface area contributed by atoms with Crippen molar-refractivity contribution in [2.45, 2.75) is 0 Å². The summed E-state index contributed by atoms with van der Waals surface area (Å²) >= 11 is 12.4. The molecule has 4 rings (SSSR count). The van der Waals surface area contributed by atoms with E-state index in [1.165, 1.54) is 16.7 Å². The van der Waals surface area contributed by atoms with Crippen LogP contribution >= 0.6 is 23.2 Å². The summed E-state index contributed by atoms with van der Waals surface area (Å²) in [6, 6.07) is 21.6. The van der Waals surface area contributed by atoms with Gasteiger partial charge in [0, 0.05) is 55.1 Å². The number of anilines is 2. The Kier molecular flexibility index (Phi) is 8.82. The Labute approximate surface area is 226 Å². The lowest BCUT2D eigenvalue weighted by Crippen LogP contribution is -2.50. The molecule has 0 saturated carbocycles. The van der Waals surface area contributed by atoms with E-state index in [0.717, 1.165) is 26.2 Å². The van der Waals surface area contributed by atoms with Crippen molar-refractivity contribution in [2.75, 3.05) is 56.1 Å². The molecule has 1 fully saturated rings. The molecule has 0 atom stereocenters. The number of hydrogen-bond acceptors (Lipinski definition) is 5. The Balaban J connectivity index is 1.33. The zero-order valence-electron chi connectivity index (χ0n) is 20.5. The summed E-state index contributed by atoms with van der Waals surface area (Å²) < 4.78 is 0. The Morgan fingerprint density at radius 1 is 0.865 bits per heavy atom. The van der Waals surface area contributed by atoms with Crippen molar-refractivity contribution in [3.05, 3.63) is 94.0 Å². The Morgan fingerprint density at radius 2 is 1.54 bits per heavy atom. The van der Waals surface area contributed by atoms with Crippen LogP contribution in [0.1, 0.15) is 15.9 Å². The maximum atomic E-state index is 13.2. The van der Waals surface area contributed by atoms with Gasteiger partial charge in [-0.1, -0.05) is 53.5 Å². The number of nitrogens with zero attached hydrogens (tertiary/aromatic N) is 3. The quantitative estimate of drug-likeness (QED) is 0.436. The van der Waals surface area contributed by atoms with Crippen molar-refractivity contribution in [3.63, 3.8) is 0 Å². The van der Waals surface area contributed by atoms with Crippen LogP contribution in [0.5, 0.6) is 0 Å². The number of amides is 2. The smallest absolute Gasteiger partial charge is 0.246 e. The third-order valence-electron chi connectivity index (χ3n) is 6.35. The summed E-state index contributed by atoms with van der Waals surface area (Å²) in [6.07, 6.45) is 0. The number of nitrogens with one attached hydrogen (secondary N) is 1. The van der Waals surface area contributed by atoms with Crippen LogP contribution in [-0.2, 0) is 9.59 Å². The molecule has 0 spiro atoms. The van der Waals surface area contributed by atoms with Crippen LogP contribution in [0, 0.1) is 0 Å². The maximum Gasteiger partial charge on any atom is 0.246 e. The number of piperazine rings is 1. The number of hydrogen-bond donors (Lipinski definition) is 1. The van der Waals surface area contributed by atoms with Gasteiger partial charge in [0.25, 0.3) is 0 Å². The molecule has 0 aliphatic carbocycles. The Morgan fingerprint density at radius 3 is 2.24 bits per heavy atom. The van der Waals surface area contributed by atoms with E-state index in [9.17, 15) is 14.4 Å². The molecule has 9 heteroatoms. The number of carbonyl (C=O) groups excluding carboxylic acids is 3. The fourth-order valence-electron chi connectivity index (χ4n) is 4.26. The first-order valence-corrected chi connectivity index (χ1v) is 12.7. The second kappa shape index (κ2) is 12.2. The second-order valence-corrected chi connectivity index (χ2v) is 9.64. The van der Waals surface area contributed by atoms with E-state index in [-0.39, 0.29) is 36.3 Å². The van der Waals surface area contributed by atoms with Gasteiger partial charge in [-0.25, -0.2) is 0 Å². The van der Waals surface area contributed by atoms with Crippen molar-refractivity contribution < 1.29 is 14.4 Å². The minimum absolute atomic E-state index is 0.193. The normalized spacial score (nSPS) is 13.8. The summed E-state index contributed by atoms with van der Waals surface area (Å²) in [7, 11) is 1.56. The minimum Gasteiger partial charge on any atom is -0.369 e. The van der Waals surface area contributed by atoms with E-state index in [2.05, 4.69) is 27.2 Å². The van der Waals surface area contributed by atoms with Crippen LogP contribution in [0.2, 0.25) is 10.0 Å². The van der Waals surface area contributed by atoms with E-state index in [1.54, 1.807) is 43.4 Å². The Hall–Kier alpha value is -3.39. The zero-order chi connectivity index (χ0) is 26.4. The fraction of sp³-hybridized carbons (Fsp3) is 0.250. The highest BCUT2D eigenvalue weighted by Gasteiger charge is 2.23. The zero-order valence-corrected chi connectivity index (χ0v) is 22.0. The number of ketones is 1. The molecule has 2 amide bonds. The summed E-state index contributed by atoms with van der Waals surface area (Å²) in [5.41, 5.74) is 2.12. The van der Waals surface area contributed by atoms with Gasteiger partial charge >= 0.3 is 0 Å². The average molecular weight is 539 g/mol. The van der Waals surface area contributed by atoms with Crippen molar-refractivity contribution in [1.82, 2.24) is 10.2 Å². The molecule has 0 bridgehead atoms. The number of para-hydroxylation sites is 1. The summed E-state index contributed by atoms with van der Waals surface area (Å²) in [6.45, 7) is 3.21. The molecule has 37 heavy (non-hydrogen) atoms. The minimum atomic E-state index is -0.363. The van der Waals surface area contributed by atoms with Crippen LogP contribution in [0.4, 0.5) is 11.4 Å². The molecule has 0 radical (unpaired) electrons. The molecular weight excluding hydrogens is 511 g/mol. The highest BCUT2D eigenvalue weighted by atomic mass is 35.5. The van der Waals surface area contributed by atoms with Gasteiger partial charge < -0.3 is 15.1 Å². The number of carbonyl (C=O) groups is 3. The van der Waals surface area contributed by atoms with E-state index < -0.39 is 0 Å². The maximum absolute atomic E-state index is 13.2. The molecule has 1 heterocycles. The SMILES string of the molecule is CN(C(=O)CNC(=O)CN1CCN(c2ccccc2)CC1)c1ccc(Cl)cc1C(=O)c1ccccc1Cl. The molecule has 3 aromatic carbocycles. The lowest BCUT2D eigenvalue weighted by Gasteiger charge is -2.35. The van der Waals surface area contributed by atoms with Crippen LogP contribution in [-0.4, -0.2) is 68.8 Å². The first-order valence-electron chi connectivity index (χ1n) is 12.0. The second-order valence-electron chi connectivity index (χ2n) is 8.80. The molecule has 1 aliphatic rings. The molecule has 192 valence electrons. The number of halogens is 2. The Bertz CT molecular complexity index is 1280. The van der Waals surface area contributed by atoms with Crippen LogP contribution in [0.25, 0.3) is 0 Å². The van der Waals surface area contributed by atoms with Gasteiger partial charge in [-0.05, 0) is 42.5 Å². The van der Waals surface area contributed by atoms with Gasteiger partial charge in [-0.15, -0.1) is 0 Å². The number of rotatable bonds is 8. The molecule has 1 saturated heterocycles. The molecule has 0 aromatic heterocycles. The van der Waals surface area contributed by atoms with Crippen LogP contribution in [0.3, 0.4) is 0 Å². The molecule has 1 N–H and O–H groups in total. The van der Waals surface area contributed by atoms with Gasteiger partial charge in [0.05, 0.1) is 23.8 Å². The van der Waals surface area contributed by atoms with Crippen molar-refractivity contribution in [3.8, 4) is 0 Å². The molecule has 7 nitrogen and oxygen atoms in total. The summed E-state index contributed by atoms with van der Waals surface area (Å²) in [5, 5.41) is 3.38. The lowest BCUT2D eigenvalue weighted by molar-refractivity contribution is -0.125. The van der Waals surface area contributed by atoms with Gasteiger partial charge in [0.1, 0.15) is 0 Å². The molecular formula is C28H28Cl2N4O3. The number of benzene rings is 3. The van der Waals surface area contributed by atoms with Gasteiger partial charge in [0.15, 0.2) is 5.78 Å². The van der Waals surface area contributed by atoms with E-state index in [1.807, 2.05) is 18.2 Å². The highest BCUT2D eigenvalue weighted by Crippen LogP contribution is 2.28. The van der Waals surface area contributed by atoms with Gasteiger partial charge in [-0.3, -0.25) is 19.3 Å². The summed E-state index contributed by atoms with van der Waals surface area (Å²) in [5.74, 6) is -0.933. The molecule has 1 aliphatic heterocycles. The van der Waals surface area contributed by atoms with Crippen LogP contribution in [0.15, 0.2) is 72.8 Å². The first-order chi connectivity index (χ1) is 17.8. The van der Waals surface area contributed by atoms with E-state index in [4.69, 9.17) is 23.2 Å². The largest absolute Gasteiger partial charge is 0.369 e. The van der Waals surface area contributed by atoms with E-state index >= 15 is 0 Å². The lowest BCUT2D eigenvalue weighted by atomic mass is 10.0. The average Bonchev–Trinajstić information content (AvgIpc) is 2.92. The fourth-order valence-corrected chi connectivity index (χ4v) is 4.66. The summed E-state index contributed by atoms with van der Waals surface area (Å²) in [4.78, 5) is 44.4. The standard InChI is InChI=1S/C28H28Cl2N4O3/c1-32(25-12-11-20(29)17-23(25)28(37)22-9-5-6-10-24(22)30)27(36)18-31-26(35)19-33-13-15-34(16-14-33)21-7-3-2-4-8-21/h2-12,17H,13-16,18-19H2,1H3,(H,31,35). The predicted molar refractivity (Wildman–Crippen MR) is 148 cm³/mol. The van der Waals surface area contributed by atoms with E-state index in [0.29, 0.717) is 21.3 Å². The molecule has 0 unspecified atom stereocenters. The number of likely N-dealkylation sites (N-methyl/N-ethyl adjacent to an activating group) is 1. The van der Waals surface area contributed by atoms with Crippen molar-refractivity contribution >= 4 is 52.2 Å².